The number of rotatable bonds is 0. The predicted molar refractivity (Wildman–Crippen MR) is 41.6 cm³/mol. The summed E-state index contributed by atoms with van der Waals surface area (Å²) in [4.78, 5) is 0. The van der Waals surface area contributed by atoms with Gasteiger partial charge in [-0.2, -0.15) is 0 Å². The molecule has 3 saturated carbocycles. The fraction of sp³-hybridized carbons (Fsp3) is 1.00. The number of hydrogen-bond acceptors (Lipinski definition) is 0. The first-order chi connectivity index (χ1) is 4.73. The van der Waals surface area contributed by atoms with E-state index in [4.69, 9.17) is 0 Å². The largest absolute Gasteiger partial charge is 0.0622 e. The Kier molecular flexibility index (Phi) is 0.735. The van der Waals surface area contributed by atoms with E-state index in [0.717, 1.165) is 17.3 Å². The molecule has 56 valence electrons. The Morgan fingerprint density at radius 1 is 1.30 bits per heavy atom. The molecule has 0 aromatic carbocycles. The molecule has 0 saturated heterocycles. The molecule has 5 unspecified atom stereocenters. The van der Waals surface area contributed by atoms with Crippen LogP contribution in [0.15, 0.2) is 0 Å². The molecular weight excluding hydrogens is 120 g/mol. The summed E-state index contributed by atoms with van der Waals surface area (Å²) in [7, 11) is 0. The van der Waals surface area contributed by atoms with Crippen LogP contribution in [-0.2, 0) is 0 Å². The third-order valence-electron chi connectivity index (χ3n) is 4.77. The van der Waals surface area contributed by atoms with Gasteiger partial charge in [-0.05, 0) is 48.3 Å². The van der Waals surface area contributed by atoms with Crippen LogP contribution >= 0.6 is 0 Å². The van der Waals surface area contributed by atoms with E-state index in [1.165, 1.54) is 11.8 Å². The highest BCUT2D eigenvalue weighted by Gasteiger charge is 2.69. The molecule has 10 heavy (non-hydrogen) atoms. The average Bonchev–Trinajstić information content (AvgIpc) is 1.79. The normalized spacial score (nSPS) is 70.2. The Morgan fingerprint density at radius 3 is 2.40 bits per heavy atom. The average molecular weight is 136 g/mol. The Bertz CT molecular complexity index is 184. The maximum absolute atomic E-state index is 2.53. The number of hydrogen-bond donors (Lipinski definition) is 0. The lowest BCUT2D eigenvalue weighted by Crippen LogP contribution is -2.69. The molecule has 0 bridgehead atoms. The van der Waals surface area contributed by atoms with Crippen LogP contribution in [0, 0.1) is 29.1 Å². The van der Waals surface area contributed by atoms with E-state index in [1.807, 2.05) is 0 Å². The van der Waals surface area contributed by atoms with Crippen molar-refractivity contribution in [3.05, 3.63) is 0 Å². The fourth-order valence-electron chi connectivity index (χ4n) is 4.41. The fourth-order valence-corrected chi connectivity index (χ4v) is 4.41. The molecule has 0 amide bonds. The summed E-state index contributed by atoms with van der Waals surface area (Å²) in [6.07, 6.45) is 4.67. The molecule has 0 N–H and O–H groups in total. The van der Waals surface area contributed by atoms with Crippen LogP contribution in [0.1, 0.15) is 33.1 Å². The summed E-state index contributed by atoms with van der Waals surface area (Å²) in [5.74, 6) is 4.60. The van der Waals surface area contributed by atoms with Crippen LogP contribution in [0.4, 0.5) is 0 Å². The van der Waals surface area contributed by atoms with Crippen molar-refractivity contribution in [3.8, 4) is 0 Å². The molecule has 0 nitrogen and oxygen atoms in total. The van der Waals surface area contributed by atoms with Gasteiger partial charge in [-0.25, -0.2) is 0 Å². The zero-order valence-electron chi connectivity index (χ0n) is 6.93. The standard InChI is InChI=1S/C10H16/c1-6-5-10(2)8-4-3-7(8)9(6)10/h6-9H,3-5H2,1-2H3. The summed E-state index contributed by atoms with van der Waals surface area (Å²) >= 11 is 0. The van der Waals surface area contributed by atoms with E-state index in [2.05, 4.69) is 13.8 Å². The monoisotopic (exact) mass is 136 g/mol. The first kappa shape index (κ1) is 5.62. The summed E-state index contributed by atoms with van der Waals surface area (Å²) in [5.41, 5.74) is 0.850. The maximum Gasteiger partial charge on any atom is -0.0259 e. The second kappa shape index (κ2) is 1.31. The minimum absolute atomic E-state index is 0.850. The Hall–Kier alpha value is 0. The highest BCUT2D eigenvalue weighted by atomic mass is 14.7. The third-order valence-corrected chi connectivity index (χ3v) is 4.77. The van der Waals surface area contributed by atoms with Crippen molar-refractivity contribution in [3.63, 3.8) is 0 Å². The molecule has 3 fully saturated rings. The van der Waals surface area contributed by atoms with Gasteiger partial charge in [-0.3, -0.25) is 0 Å². The molecular formula is C10H16. The smallest absolute Gasteiger partial charge is 0.0259 e. The highest BCUT2D eigenvalue weighted by Crippen LogP contribution is 2.76. The summed E-state index contributed by atoms with van der Waals surface area (Å²) < 4.78 is 0. The molecule has 0 heteroatoms. The van der Waals surface area contributed by atoms with E-state index < -0.39 is 0 Å². The van der Waals surface area contributed by atoms with E-state index in [1.54, 1.807) is 19.3 Å². The summed E-state index contributed by atoms with van der Waals surface area (Å²) in [5, 5.41) is 0. The van der Waals surface area contributed by atoms with Gasteiger partial charge in [0.05, 0.1) is 0 Å². The van der Waals surface area contributed by atoms with Gasteiger partial charge in [0.1, 0.15) is 0 Å². The van der Waals surface area contributed by atoms with Crippen molar-refractivity contribution in [2.24, 2.45) is 29.1 Å². The summed E-state index contributed by atoms with van der Waals surface area (Å²) in [6.45, 7) is 4.97. The molecule has 3 rings (SSSR count). The van der Waals surface area contributed by atoms with Gasteiger partial charge in [-0.15, -0.1) is 0 Å². The van der Waals surface area contributed by atoms with Crippen LogP contribution in [0.25, 0.3) is 0 Å². The van der Waals surface area contributed by atoms with Crippen molar-refractivity contribution in [1.29, 1.82) is 0 Å². The van der Waals surface area contributed by atoms with Gasteiger partial charge in [0.2, 0.25) is 0 Å². The lowest BCUT2D eigenvalue weighted by Gasteiger charge is -2.76. The molecule has 3 aliphatic carbocycles. The highest BCUT2D eigenvalue weighted by molar-refractivity contribution is 5.18. The zero-order chi connectivity index (χ0) is 6.93. The molecule has 5 atom stereocenters. The molecule has 0 heterocycles. The zero-order valence-corrected chi connectivity index (χ0v) is 6.93. The SMILES string of the molecule is CC1CC2(C)C3CCC3C12. The lowest BCUT2D eigenvalue weighted by molar-refractivity contribution is -0.272. The third kappa shape index (κ3) is 0.339. The lowest BCUT2D eigenvalue weighted by atomic mass is 9.29. The van der Waals surface area contributed by atoms with Crippen LogP contribution in [0.5, 0.6) is 0 Å². The predicted octanol–water partition coefficient (Wildman–Crippen LogP) is 2.69. The molecule has 0 aliphatic heterocycles. The summed E-state index contributed by atoms with van der Waals surface area (Å²) in [6, 6.07) is 0. The molecule has 0 radical (unpaired) electrons. The molecule has 0 aromatic rings. The Morgan fingerprint density at radius 2 is 2.10 bits per heavy atom. The van der Waals surface area contributed by atoms with Crippen molar-refractivity contribution < 1.29 is 0 Å². The molecule has 3 aliphatic rings. The van der Waals surface area contributed by atoms with E-state index in [-0.39, 0.29) is 0 Å². The van der Waals surface area contributed by atoms with Gasteiger partial charge >= 0.3 is 0 Å². The maximum atomic E-state index is 2.53. The molecule has 0 aromatic heterocycles. The topological polar surface area (TPSA) is 0 Å². The van der Waals surface area contributed by atoms with E-state index in [9.17, 15) is 0 Å². The minimum Gasteiger partial charge on any atom is -0.0622 e. The van der Waals surface area contributed by atoms with Gasteiger partial charge in [0, 0.05) is 0 Å². The second-order valence-electron chi connectivity index (χ2n) is 5.06. The minimum atomic E-state index is 0.850. The van der Waals surface area contributed by atoms with Crippen LogP contribution in [0.2, 0.25) is 0 Å². The Labute approximate surface area is 63.0 Å². The Balaban J connectivity index is 1.89. The first-order valence-electron chi connectivity index (χ1n) is 4.73. The van der Waals surface area contributed by atoms with Crippen LogP contribution < -0.4 is 0 Å². The van der Waals surface area contributed by atoms with Gasteiger partial charge in [0.25, 0.3) is 0 Å². The van der Waals surface area contributed by atoms with Gasteiger partial charge in [0.15, 0.2) is 0 Å². The second-order valence-corrected chi connectivity index (χ2v) is 5.06. The van der Waals surface area contributed by atoms with Crippen LogP contribution in [0.3, 0.4) is 0 Å². The van der Waals surface area contributed by atoms with Crippen molar-refractivity contribution >= 4 is 0 Å². The first-order valence-corrected chi connectivity index (χ1v) is 4.73. The number of fused-ring (bicyclic) bond motifs is 4. The van der Waals surface area contributed by atoms with Crippen LogP contribution in [-0.4, -0.2) is 0 Å². The quantitative estimate of drug-likeness (QED) is 0.480. The van der Waals surface area contributed by atoms with Crippen molar-refractivity contribution in [1.82, 2.24) is 0 Å². The van der Waals surface area contributed by atoms with E-state index in [0.29, 0.717) is 0 Å². The van der Waals surface area contributed by atoms with E-state index >= 15 is 0 Å². The van der Waals surface area contributed by atoms with Crippen molar-refractivity contribution in [2.45, 2.75) is 33.1 Å². The van der Waals surface area contributed by atoms with Gasteiger partial charge in [-0.1, -0.05) is 13.8 Å². The van der Waals surface area contributed by atoms with Crippen molar-refractivity contribution in [2.75, 3.05) is 0 Å². The van der Waals surface area contributed by atoms with Gasteiger partial charge < -0.3 is 0 Å². The molecule has 0 spiro atoms.